The molecule has 4 heteroatoms. The summed E-state index contributed by atoms with van der Waals surface area (Å²) in [6.45, 7) is 7.23. The molecule has 2 N–H and O–H groups in total. The van der Waals surface area contributed by atoms with Gasteiger partial charge < -0.3 is 15.1 Å². The second-order valence-electron chi connectivity index (χ2n) is 9.20. The molecule has 0 rings (SSSR count). The van der Waals surface area contributed by atoms with E-state index in [1.807, 2.05) is 6.08 Å². The highest BCUT2D eigenvalue weighted by Crippen LogP contribution is 2.18. The van der Waals surface area contributed by atoms with Crippen molar-refractivity contribution in [2.24, 2.45) is 5.92 Å². The Morgan fingerprint density at radius 3 is 1.94 bits per heavy atom. The second kappa shape index (κ2) is 22.3. The van der Waals surface area contributed by atoms with Crippen molar-refractivity contribution in [3.05, 3.63) is 12.2 Å². The van der Waals surface area contributed by atoms with Crippen molar-refractivity contribution in [2.45, 2.75) is 130 Å². The number of rotatable bonds is 22. The highest BCUT2D eigenvalue weighted by molar-refractivity contribution is 5.77. The van der Waals surface area contributed by atoms with Gasteiger partial charge >= 0.3 is 0 Å². The van der Waals surface area contributed by atoms with Crippen LogP contribution in [0.4, 0.5) is 0 Å². The molecule has 0 aliphatic carbocycles. The van der Waals surface area contributed by atoms with Gasteiger partial charge in [0.25, 0.3) is 0 Å². The van der Waals surface area contributed by atoms with E-state index in [1.165, 1.54) is 64.2 Å². The first kappa shape index (κ1) is 30.1. The SMILES string of the molecule is CCCCC=CCC(=O)N(CC(O)CO)CC(CC)CCCCCCCCCCCC. The van der Waals surface area contributed by atoms with Gasteiger partial charge in [0.05, 0.1) is 12.7 Å². The van der Waals surface area contributed by atoms with E-state index in [-0.39, 0.29) is 19.1 Å². The van der Waals surface area contributed by atoms with Gasteiger partial charge in [0, 0.05) is 19.5 Å². The van der Waals surface area contributed by atoms with Crippen LogP contribution >= 0.6 is 0 Å². The number of hydrogen-bond donors (Lipinski definition) is 2. The number of unbranched alkanes of at least 4 members (excludes halogenated alkanes) is 11. The molecular weight excluding hydrogens is 386 g/mol. The monoisotopic (exact) mass is 439 g/mol. The van der Waals surface area contributed by atoms with E-state index in [4.69, 9.17) is 0 Å². The molecule has 0 spiro atoms. The minimum atomic E-state index is -0.858. The Hall–Kier alpha value is -0.870. The van der Waals surface area contributed by atoms with Crippen molar-refractivity contribution in [1.82, 2.24) is 4.90 Å². The lowest BCUT2D eigenvalue weighted by Gasteiger charge is -2.28. The van der Waals surface area contributed by atoms with E-state index in [9.17, 15) is 15.0 Å². The van der Waals surface area contributed by atoms with Gasteiger partial charge in [-0.15, -0.1) is 0 Å². The standard InChI is InChI=1S/C27H53NO3/c1-4-7-9-11-12-13-14-15-17-18-20-25(6-3)22-28(23-26(30)24-29)27(31)21-19-16-10-8-5-2/h16,19,25-26,29-30H,4-15,17-18,20-24H2,1-3H3. The summed E-state index contributed by atoms with van der Waals surface area (Å²) < 4.78 is 0. The van der Waals surface area contributed by atoms with Crippen LogP contribution in [0.15, 0.2) is 12.2 Å². The topological polar surface area (TPSA) is 60.8 Å². The summed E-state index contributed by atoms with van der Waals surface area (Å²) in [6.07, 6.45) is 22.5. The van der Waals surface area contributed by atoms with Crippen LogP contribution in [0, 0.1) is 5.92 Å². The van der Waals surface area contributed by atoms with Crippen LogP contribution in [-0.2, 0) is 4.79 Å². The summed E-state index contributed by atoms with van der Waals surface area (Å²) >= 11 is 0. The molecule has 0 heterocycles. The van der Waals surface area contributed by atoms with E-state index in [0.29, 0.717) is 18.9 Å². The van der Waals surface area contributed by atoms with Crippen molar-refractivity contribution < 1.29 is 15.0 Å². The zero-order chi connectivity index (χ0) is 23.2. The summed E-state index contributed by atoms with van der Waals surface area (Å²) in [5.74, 6) is 0.523. The molecule has 4 nitrogen and oxygen atoms in total. The first-order chi connectivity index (χ1) is 15.1. The van der Waals surface area contributed by atoms with Crippen molar-refractivity contribution in [2.75, 3.05) is 19.7 Å². The number of carbonyl (C=O) groups is 1. The highest BCUT2D eigenvalue weighted by atomic mass is 16.3. The fraction of sp³-hybridized carbons (Fsp3) is 0.889. The molecule has 31 heavy (non-hydrogen) atoms. The molecule has 0 aromatic rings. The summed E-state index contributed by atoms with van der Waals surface area (Å²) in [6, 6.07) is 0. The number of carbonyl (C=O) groups excluding carboxylic acids is 1. The van der Waals surface area contributed by atoms with Gasteiger partial charge in [0.15, 0.2) is 0 Å². The van der Waals surface area contributed by atoms with Crippen LogP contribution in [0.5, 0.6) is 0 Å². The first-order valence-corrected chi connectivity index (χ1v) is 13.3. The number of allylic oxidation sites excluding steroid dienone is 1. The van der Waals surface area contributed by atoms with Crippen LogP contribution in [-0.4, -0.2) is 46.8 Å². The average Bonchev–Trinajstić information content (AvgIpc) is 2.78. The van der Waals surface area contributed by atoms with E-state index in [0.717, 1.165) is 32.1 Å². The first-order valence-electron chi connectivity index (χ1n) is 13.3. The fourth-order valence-corrected chi connectivity index (χ4v) is 4.00. The maximum Gasteiger partial charge on any atom is 0.226 e. The van der Waals surface area contributed by atoms with Crippen molar-refractivity contribution in [3.63, 3.8) is 0 Å². The van der Waals surface area contributed by atoms with Crippen LogP contribution in [0.3, 0.4) is 0 Å². The zero-order valence-corrected chi connectivity index (χ0v) is 21.0. The van der Waals surface area contributed by atoms with E-state index in [2.05, 4.69) is 26.8 Å². The molecular formula is C27H53NO3. The van der Waals surface area contributed by atoms with Gasteiger partial charge in [-0.2, -0.15) is 0 Å². The molecule has 0 aliphatic rings. The zero-order valence-electron chi connectivity index (χ0n) is 21.0. The Morgan fingerprint density at radius 1 is 0.806 bits per heavy atom. The number of aliphatic hydroxyl groups is 2. The highest BCUT2D eigenvalue weighted by Gasteiger charge is 2.20. The van der Waals surface area contributed by atoms with E-state index < -0.39 is 6.10 Å². The summed E-state index contributed by atoms with van der Waals surface area (Å²) in [5, 5.41) is 19.1. The molecule has 0 radical (unpaired) electrons. The predicted octanol–water partition coefficient (Wildman–Crippen LogP) is 6.64. The smallest absolute Gasteiger partial charge is 0.226 e. The minimum absolute atomic E-state index is 0.0572. The Labute approximate surface area is 193 Å². The molecule has 184 valence electrons. The third-order valence-corrected chi connectivity index (χ3v) is 6.20. The van der Waals surface area contributed by atoms with Gasteiger partial charge in [-0.05, 0) is 18.8 Å². The molecule has 1 amide bonds. The van der Waals surface area contributed by atoms with Crippen LogP contribution in [0.2, 0.25) is 0 Å². The van der Waals surface area contributed by atoms with Crippen LogP contribution in [0.25, 0.3) is 0 Å². The Bertz CT molecular complexity index is 425. The lowest BCUT2D eigenvalue weighted by Crippen LogP contribution is -2.41. The molecule has 0 aromatic heterocycles. The maximum absolute atomic E-state index is 12.7. The largest absolute Gasteiger partial charge is 0.394 e. The third kappa shape index (κ3) is 18.4. The van der Waals surface area contributed by atoms with Gasteiger partial charge in [-0.1, -0.05) is 116 Å². The predicted molar refractivity (Wildman–Crippen MR) is 133 cm³/mol. The minimum Gasteiger partial charge on any atom is -0.394 e. The summed E-state index contributed by atoms with van der Waals surface area (Å²) in [4.78, 5) is 14.5. The van der Waals surface area contributed by atoms with Gasteiger partial charge in [0.1, 0.15) is 0 Å². The molecule has 2 unspecified atom stereocenters. The van der Waals surface area contributed by atoms with Gasteiger partial charge in [-0.3, -0.25) is 4.79 Å². The second-order valence-corrected chi connectivity index (χ2v) is 9.20. The lowest BCUT2D eigenvalue weighted by molar-refractivity contribution is -0.132. The Balaban J connectivity index is 4.26. The molecule has 0 fully saturated rings. The Kier molecular flexibility index (Phi) is 21.7. The fourth-order valence-electron chi connectivity index (χ4n) is 4.00. The number of nitrogens with zero attached hydrogens (tertiary/aromatic N) is 1. The van der Waals surface area contributed by atoms with Gasteiger partial charge in [-0.25, -0.2) is 0 Å². The van der Waals surface area contributed by atoms with Crippen molar-refractivity contribution in [1.29, 1.82) is 0 Å². The summed E-state index contributed by atoms with van der Waals surface area (Å²) in [7, 11) is 0. The average molecular weight is 440 g/mol. The quantitative estimate of drug-likeness (QED) is 0.147. The van der Waals surface area contributed by atoms with Crippen molar-refractivity contribution in [3.8, 4) is 0 Å². The van der Waals surface area contributed by atoms with Gasteiger partial charge in [0.2, 0.25) is 5.91 Å². The lowest BCUT2D eigenvalue weighted by atomic mass is 9.96. The van der Waals surface area contributed by atoms with Crippen LogP contribution < -0.4 is 0 Å². The summed E-state index contributed by atoms with van der Waals surface area (Å²) in [5.41, 5.74) is 0. The maximum atomic E-state index is 12.7. The molecule has 0 saturated heterocycles. The molecule has 0 bridgehead atoms. The van der Waals surface area contributed by atoms with Crippen LogP contribution in [0.1, 0.15) is 124 Å². The molecule has 0 saturated carbocycles. The number of amides is 1. The molecule has 0 aliphatic heterocycles. The Morgan fingerprint density at radius 2 is 1.39 bits per heavy atom. The number of hydrogen-bond acceptors (Lipinski definition) is 3. The number of aliphatic hydroxyl groups excluding tert-OH is 2. The third-order valence-electron chi connectivity index (χ3n) is 6.20. The normalized spacial score (nSPS) is 13.6. The van der Waals surface area contributed by atoms with E-state index in [1.54, 1.807) is 4.90 Å². The molecule has 2 atom stereocenters. The van der Waals surface area contributed by atoms with Crippen molar-refractivity contribution >= 4 is 5.91 Å². The molecule has 0 aromatic carbocycles. The van der Waals surface area contributed by atoms with E-state index >= 15 is 0 Å².